The molecule has 3 heteroatoms. The van der Waals surface area contributed by atoms with Crippen LogP contribution in [0.3, 0.4) is 0 Å². The molecule has 0 saturated carbocycles. The molecular formula is C15H23NO2. The van der Waals surface area contributed by atoms with Gasteiger partial charge in [0.1, 0.15) is 5.60 Å². The third kappa shape index (κ3) is 3.31. The van der Waals surface area contributed by atoms with Gasteiger partial charge >= 0.3 is 0 Å². The number of hydrogen-bond donors (Lipinski definition) is 1. The van der Waals surface area contributed by atoms with Gasteiger partial charge in [0, 0.05) is 13.2 Å². The highest BCUT2D eigenvalue weighted by atomic mass is 16.5. The molecule has 0 aromatic heterocycles. The van der Waals surface area contributed by atoms with Crippen LogP contribution in [0.25, 0.3) is 0 Å². The fraction of sp³-hybridized carbons (Fsp3) is 0.600. The highest BCUT2D eigenvalue weighted by Crippen LogP contribution is 2.24. The molecule has 1 aliphatic heterocycles. The van der Waals surface area contributed by atoms with E-state index in [0.29, 0.717) is 19.8 Å². The van der Waals surface area contributed by atoms with Gasteiger partial charge in [-0.25, -0.2) is 0 Å². The summed E-state index contributed by atoms with van der Waals surface area (Å²) in [4.78, 5) is 0. The summed E-state index contributed by atoms with van der Waals surface area (Å²) in [5.41, 5.74) is 9.34. The molecule has 2 rings (SSSR count). The normalized spacial score (nSPS) is 24.2. The van der Waals surface area contributed by atoms with Gasteiger partial charge in [0.15, 0.2) is 0 Å². The van der Waals surface area contributed by atoms with Crippen LogP contribution in [0, 0.1) is 13.8 Å². The zero-order valence-electron chi connectivity index (χ0n) is 11.4. The lowest BCUT2D eigenvalue weighted by molar-refractivity contribution is -0.130. The Labute approximate surface area is 109 Å². The number of aryl methyl sites for hydroxylation is 2. The Bertz CT molecular complexity index is 377. The van der Waals surface area contributed by atoms with Crippen molar-refractivity contribution in [1.82, 2.24) is 0 Å². The van der Waals surface area contributed by atoms with Crippen molar-refractivity contribution in [2.24, 2.45) is 5.73 Å². The standard InChI is InChI=1S/C15H23NO2/c1-12-6-13(2)8-14(7-12)9-18-15(10-16)4-3-5-17-11-15/h6-8H,3-5,9-11,16H2,1-2H3. The summed E-state index contributed by atoms with van der Waals surface area (Å²) in [6, 6.07) is 6.51. The molecule has 18 heavy (non-hydrogen) atoms. The quantitative estimate of drug-likeness (QED) is 0.890. The van der Waals surface area contributed by atoms with Gasteiger partial charge in [-0.05, 0) is 32.3 Å². The van der Waals surface area contributed by atoms with Crippen LogP contribution < -0.4 is 5.73 Å². The van der Waals surface area contributed by atoms with Gasteiger partial charge in [0.25, 0.3) is 0 Å². The summed E-state index contributed by atoms with van der Waals surface area (Å²) < 4.78 is 11.6. The van der Waals surface area contributed by atoms with Crippen molar-refractivity contribution in [3.63, 3.8) is 0 Å². The maximum absolute atomic E-state index is 6.07. The van der Waals surface area contributed by atoms with Crippen molar-refractivity contribution in [2.75, 3.05) is 19.8 Å². The second-order valence-corrected chi connectivity index (χ2v) is 5.33. The SMILES string of the molecule is Cc1cc(C)cc(COC2(CN)CCCOC2)c1. The second-order valence-electron chi connectivity index (χ2n) is 5.33. The van der Waals surface area contributed by atoms with Crippen molar-refractivity contribution in [3.05, 3.63) is 34.9 Å². The van der Waals surface area contributed by atoms with Crippen LogP contribution in [0.5, 0.6) is 0 Å². The van der Waals surface area contributed by atoms with Crippen LogP contribution in [-0.4, -0.2) is 25.4 Å². The van der Waals surface area contributed by atoms with E-state index >= 15 is 0 Å². The lowest BCUT2D eigenvalue weighted by Crippen LogP contribution is -2.47. The molecule has 1 aliphatic rings. The molecule has 1 aromatic rings. The minimum atomic E-state index is -0.282. The Kier molecular flexibility index (Phi) is 4.38. The lowest BCUT2D eigenvalue weighted by atomic mass is 9.96. The lowest BCUT2D eigenvalue weighted by Gasteiger charge is -2.36. The molecule has 0 aliphatic carbocycles. The monoisotopic (exact) mass is 249 g/mol. The van der Waals surface area contributed by atoms with Gasteiger partial charge in [0.2, 0.25) is 0 Å². The molecule has 1 fully saturated rings. The predicted octanol–water partition coefficient (Wildman–Crippen LogP) is 2.33. The maximum atomic E-state index is 6.07. The van der Waals surface area contributed by atoms with Crippen molar-refractivity contribution >= 4 is 0 Å². The first-order chi connectivity index (χ1) is 8.63. The Morgan fingerprint density at radius 1 is 1.28 bits per heavy atom. The van der Waals surface area contributed by atoms with Crippen LogP contribution >= 0.6 is 0 Å². The van der Waals surface area contributed by atoms with Gasteiger partial charge in [-0.1, -0.05) is 29.3 Å². The topological polar surface area (TPSA) is 44.5 Å². The van der Waals surface area contributed by atoms with E-state index in [1.807, 2.05) is 0 Å². The molecule has 0 spiro atoms. The average molecular weight is 249 g/mol. The smallest absolute Gasteiger partial charge is 0.104 e. The van der Waals surface area contributed by atoms with Crippen LogP contribution in [-0.2, 0) is 16.1 Å². The van der Waals surface area contributed by atoms with Crippen molar-refractivity contribution in [1.29, 1.82) is 0 Å². The summed E-state index contributed by atoms with van der Waals surface area (Å²) in [7, 11) is 0. The Morgan fingerprint density at radius 3 is 2.56 bits per heavy atom. The maximum Gasteiger partial charge on any atom is 0.104 e. The Hall–Kier alpha value is -0.900. The van der Waals surface area contributed by atoms with Crippen molar-refractivity contribution < 1.29 is 9.47 Å². The summed E-state index contributed by atoms with van der Waals surface area (Å²) in [6.45, 7) is 6.81. The van der Waals surface area contributed by atoms with E-state index in [9.17, 15) is 0 Å². The highest BCUT2D eigenvalue weighted by Gasteiger charge is 2.32. The van der Waals surface area contributed by atoms with E-state index < -0.39 is 0 Å². The molecule has 0 radical (unpaired) electrons. The van der Waals surface area contributed by atoms with Crippen molar-refractivity contribution in [3.8, 4) is 0 Å². The fourth-order valence-corrected chi connectivity index (χ4v) is 2.55. The first kappa shape index (κ1) is 13.5. The minimum Gasteiger partial charge on any atom is -0.378 e. The van der Waals surface area contributed by atoms with Gasteiger partial charge in [-0.15, -0.1) is 0 Å². The van der Waals surface area contributed by atoms with E-state index in [1.165, 1.54) is 16.7 Å². The molecule has 1 unspecified atom stereocenters. The number of ether oxygens (including phenoxy) is 2. The summed E-state index contributed by atoms with van der Waals surface area (Å²) in [5, 5.41) is 0. The van der Waals surface area contributed by atoms with Crippen LogP contribution in [0.15, 0.2) is 18.2 Å². The van der Waals surface area contributed by atoms with Gasteiger partial charge in [-0.2, -0.15) is 0 Å². The minimum absolute atomic E-state index is 0.282. The van der Waals surface area contributed by atoms with E-state index in [2.05, 4.69) is 32.0 Å². The van der Waals surface area contributed by atoms with Gasteiger partial charge in [-0.3, -0.25) is 0 Å². The fourth-order valence-electron chi connectivity index (χ4n) is 2.55. The number of rotatable bonds is 4. The summed E-state index contributed by atoms with van der Waals surface area (Å²) in [5.74, 6) is 0. The molecule has 3 nitrogen and oxygen atoms in total. The van der Waals surface area contributed by atoms with Gasteiger partial charge in [0.05, 0.1) is 13.2 Å². The average Bonchev–Trinajstić information content (AvgIpc) is 2.36. The summed E-state index contributed by atoms with van der Waals surface area (Å²) >= 11 is 0. The molecule has 1 aromatic carbocycles. The van der Waals surface area contributed by atoms with E-state index in [1.54, 1.807) is 0 Å². The molecule has 1 heterocycles. The van der Waals surface area contributed by atoms with E-state index in [-0.39, 0.29) is 5.60 Å². The molecular weight excluding hydrogens is 226 g/mol. The molecule has 1 atom stereocenters. The molecule has 2 N–H and O–H groups in total. The molecule has 1 saturated heterocycles. The largest absolute Gasteiger partial charge is 0.378 e. The predicted molar refractivity (Wildman–Crippen MR) is 72.5 cm³/mol. The zero-order chi connectivity index (χ0) is 13.0. The number of benzene rings is 1. The van der Waals surface area contributed by atoms with Gasteiger partial charge < -0.3 is 15.2 Å². The van der Waals surface area contributed by atoms with Crippen LogP contribution in [0.1, 0.15) is 29.5 Å². The van der Waals surface area contributed by atoms with E-state index in [4.69, 9.17) is 15.2 Å². The van der Waals surface area contributed by atoms with Crippen LogP contribution in [0.4, 0.5) is 0 Å². The van der Waals surface area contributed by atoms with Crippen molar-refractivity contribution in [2.45, 2.75) is 38.9 Å². The van der Waals surface area contributed by atoms with E-state index in [0.717, 1.165) is 19.4 Å². The molecule has 0 bridgehead atoms. The second kappa shape index (κ2) is 5.83. The Morgan fingerprint density at radius 2 is 2.00 bits per heavy atom. The third-order valence-electron chi connectivity index (χ3n) is 3.48. The number of nitrogens with two attached hydrogens (primary N) is 1. The molecule has 0 amide bonds. The van der Waals surface area contributed by atoms with Crippen LogP contribution in [0.2, 0.25) is 0 Å². The highest BCUT2D eigenvalue weighted by molar-refractivity contribution is 5.28. The number of hydrogen-bond acceptors (Lipinski definition) is 3. The first-order valence-electron chi connectivity index (χ1n) is 6.62. The molecule has 100 valence electrons. The Balaban J connectivity index is 2.00. The third-order valence-corrected chi connectivity index (χ3v) is 3.48. The zero-order valence-corrected chi connectivity index (χ0v) is 11.4. The first-order valence-corrected chi connectivity index (χ1v) is 6.62. The summed E-state index contributed by atoms with van der Waals surface area (Å²) in [6.07, 6.45) is 2.03.